The first-order valence-corrected chi connectivity index (χ1v) is 7.22. The average Bonchev–Trinajstić information content (AvgIpc) is 2.89. The van der Waals surface area contributed by atoms with Crippen molar-refractivity contribution >= 4 is 16.7 Å². The molecule has 0 saturated heterocycles. The molecular weight excluding hydrogens is 262 g/mol. The third-order valence-corrected chi connectivity index (χ3v) is 3.85. The van der Waals surface area contributed by atoms with Crippen molar-refractivity contribution in [3.8, 4) is 5.75 Å². The highest BCUT2D eigenvalue weighted by atomic mass is 16.5. The molecule has 2 heterocycles. The number of anilines is 1. The SMILES string of the molecule is Cc1ccc2c(c1)OCCN2Cc1nc2ccccc2[nH]1. The Hall–Kier alpha value is -2.49. The highest BCUT2D eigenvalue weighted by Crippen LogP contribution is 2.33. The number of imidazole rings is 1. The Morgan fingerprint density at radius 2 is 2.14 bits per heavy atom. The number of hydrogen-bond donors (Lipinski definition) is 1. The molecule has 4 rings (SSSR count). The molecule has 1 aliphatic rings. The van der Waals surface area contributed by atoms with Crippen molar-refractivity contribution < 1.29 is 4.74 Å². The summed E-state index contributed by atoms with van der Waals surface area (Å²) in [6.07, 6.45) is 0. The molecule has 0 fully saturated rings. The van der Waals surface area contributed by atoms with Crippen LogP contribution in [0, 0.1) is 6.92 Å². The zero-order chi connectivity index (χ0) is 14.2. The largest absolute Gasteiger partial charge is 0.490 e. The van der Waals surface area contributed by atoms with Crippen molar-refractivity contribution in [3.63, 3.8) is 0 Å². The number of aromatic nitrogens is 2. The van der Waals surface area contributed by atoms with Gasteiger partial charge in [-0.25, -0.2) is 4.98 Å². The third-order valence-electron chi connectivity index (χ3n) is 3.85. The van der Waals surface area contributed by atoms with Crippen LogP contribution in [0.4, 0.5) is 5.69 Å². The average molecular weight is 279 g/mol. The van der Waals surface area contributed by atoms with E-state index in [1.54, 1.807) is 0 Å². The Labute approximate surface area is 123 Å². The first-order valence-electron chi connectivity index (χ1n) is 7.22. The maximum absolute atomic E-state index is 5.76. The summed E-state index contributed by atoms with van der Waals surface area (Å²) in [7, 11) is 0. The number of fused-ring (bicyclic) bond motifs is 2. The molecule has 4 nitrogen and oxygen atoms in total. The summed E-state index contributed by atoms with van der Waals surface area (Å²) in [5, 5.41) is 0. The van der Waals surface area contributed by atoms with Gasteiger partial charge in [0.25, 0.3) is 0 Å². The quantitative estimate of drug-likeness (QED) is 0.782. The van der Waals surface area contributed by atoms with Gasteiger partial charge in [0, 0.05) is 0 Å². The molecule has 0 radical (unpaired) electrons. The summed E-state index contributed by atoms with van der Waals surface area (Å²) in [4.78, 5) is 10.4. The molecule has 2 aromatic carbocycles. The number of nitrogens with zero attached hydrogens (tertiary/aromatic N) is 2. The van der Waals surface area contributed by atoms with E-state index in [1.807, 2.05) is 18.2 Å². The molecule has 0 amide bonds. The van der Waals surface area contributed by atoms with E-state index in [0.717, 1.165) is 48.0 Å². The predicted molar refractivity (Wildman–Crippen MR) is 83.8 cm³/mol. The number of benzene rings is 2. The third kappa shape index (κ3) is 2.23. The highest BCUT2D eigenvalue weighted by Gasteiger charge is 2.19. The van der Waals surface area contributed by atoms with Crippen LogP contribution in [0.15, 0.2) is 42.5 Å². The second-order valence-electron chi connectivity index (χ2n) is 5.44. The van der Waals surface area contributed by atoms with E-state index in [2.05, 4.69) is 46.1 Å². The summed E-state index contributed by atoms with van der Waals surface area (Å²) >= 11 is 0. The summed E-state index contributed by atoms with van der Waals surface area (Å²) < 4.78 is 5.76. The van der Waals surface area contributed by atoms with E-state index in [4.69, 9.17) is 4.74 Å². The van der Waals surface area contributed by atoms with Gasteiger partial charge in [0.05, 0.1) is 29.8 Å². The molecule has 0 unspecified atom stereocenters. The monoisotopic (exact) mass is 279 g/mol. The molecule has 21 heavy (non-hydrogen) atoms. The van der Waals surface area contributed by atoms with Gasteiger partial charge in [-0.05, 0) is 36.8 Å². The number of H-pyrrole nitrogens is 1. The number of nitrogens with one attached hydrogen (secondary N) is 1. The Bertz CT molecular complexity index is 761. The van der Waals surface area contributed by atoms with Gasteiger partial charge in [0.15, 0.2) is 0 Å². The lowest BCUT2D eigenvalue weighted by atomic mass is 10.1. The van der Waals surface area contributed by atoms with Crippen LogP contribution < -0.4 is 9.64 Å². The molecule has 1 N–H and O–H groups in total. The predicted octanol–water partition coefficient (Wildman–Crippen LogP) is 3.27. The van der Waals surface area contributed by atoms with Gasteiger partial charge in [-0.2, -0.15) is 0 Å². The number of hydrogen-bond acceptors (Lipinski definition) is 3. The standard InChI is InChI=1S/C17H17N3O/c1-12-6-7-15-16(10-12)21-9-8-20(15)11-17-18-13-4-2-3-5-14(13)19-17/h2-7,10H,8-9,11H2,1H3,(H,18,19). The fourth-order valence-electron chi connectivity index (χ4n) is 2.81. The summed E-state index contributed by atoms with van der Waals surface area (Å²) in [5.41, 5.74) is 4.47. The van der Waals surface area contributed by atoms with Crippen molar-refractivity contribution in [1.29, 1.82) is 0 Å². The second-order valence-corrected chi connectivity index (χ2v) is 5.44. The molecule has 0 aliphatic carbocycles. The van der Waals surface area contributed by atoms with Crippen molar-refractivity contribution in [2.45, 2.75) is 13.5 Å². The number of ether oxygens (including phenoxy) is 1. The normalized spacial score (nSPS) is 14.0. The molecule has 0 atom stereocenters. The van der Waals surface area contributed by atoms with Crippen LogP contribution in [0.2, 0.25) is 0 Å². The lowest BCUT2D eigenvalue weighted by molar-refractivity contribution is 0.306. The van der Waals surface area contributed by atoms with Crippen molar-refractivity contribution in [2.75, 3.05) is 18.1 Å². The van der Waals surface area contributed by atoms with Gasteiger partial charge < -0.3 is 14.6 Å². The molecule has 0 saturated carbocycles. The van der Waals surface area contributed by atoms with E-state index in [1.165, 1.54) is 5.56 Å². The van der Waals surface area contributed by atoms with Crippen molar-refractivity contribution in [3.05, 3.63) is 53.9 Å². The van der Waals surface area contributed by atoms with Crippen LogP contribution in [0.25, 0.3) is 11.0 Å². The van der Waals surface area contributed by atoms with Crippen LogP contribution in [0.1, 0.15) is 11.4 Å². The fourth-order valence-corrected chi connectivity index (χ4v) is 2.81. The van der Waals surface area contributed by atoms with E-state index in [9.17, 15) is 0 Å². The van der Waals surface area contributed by atoms with Gasteiger partial charge in [0.2, 0.25) is 0 Å². The molecule has 106 valence electrons. The summed E-state index contributed by atoms with van der Waals surface area (Å²) in [6.45, 7) is 4.46. The van der Waals surface area contributed by atoms with Gasteiger partial charge >= 0.3 is 0 Å². The lowest BCUT2D eigenvalue weighted by Gasteiger charge is -2.30. The van der Waals surface area contributed by atoms with E-state index in [0.29, 0.717) is 0 Å². The number of aryl methyl sites for hydroxylation is 1. The molecule has 4 heteroatoms. The molecule has 1 aliphatic heterocycles. The topological polar surface area (TPSA) is 41.1 Å². The van der Waals surface area contributed by atoms with Gasteiger partial charge in [0.1, 0.15) is 18.2 Å². The molecule has 0 spiro atoms. The van der Waals surface area contributed by atoms with Crippen LogP contribution in [-0.4, -0.2) is 23.1 Å². The molecular formula is C17H17N3O. The number of aromatic amines is 1. The number of rotatable bonds is 2. The summed E-state index contributed by atoms with van der Waals surface area (Å²) in [5.74, 6) is 1.96. The van der Waals surface area contributed by atoms with Gasteiger partial charge in [-0.3, -0.25) is 0 Å². The van der Waals surface area contributed by atoms with Gasteiger partial charge in [-0.1, -0.05) is 18.2 Å². The highest BCUT2D eigenvalue weighted by molar-refractivity contribution is 5.74. The maximum Gasteiger partial charge on any atom is 0.142 e. The van der Waals surface area contributed by atoms with Crippen molar-refractivity contribution in [1.82, 2.24) is 9.97 Å². The van der Waals surface area contributed by atoms with Gasteiger partial charge in [-0.15, -0.1) is 0 Å². The van der Waals surface area contributed by atoms with Crippen LogP contribution in [0.3, 0.4) is 0 Å². The first-order chi connectivity index (χ1) is 10.3. The second kappa shape index (κ2) is 4.81. The smallest absolute Gasteiger partial charge is 0.142 e. The minimum atomic E-state index is 0.719. The minimum Gasteiger partial charge on any atom is -0.490 e. The molecule has 0 bridgehead atoms. The Kier molecular flexibility index (Phi) is 2.81. The Morgan fingerprint density at radius 3 is 3.05 bits per heavy atom. The zero-order valence-corrected chi connectivity index (χ0v) is 12.0. The fraction of sp³-hybridized carbons (Fsp3) is 0.235. The van der Waals surface area contributed by atoms with Crippen LogP contribution >= 0.6 is 0 Å². The van der Waals surface area contributed by atoms with Crippen LogP contribution in [-0.2, 0) is 6.54 Å². The number of para-hydroxylation sites is 2. The van der Waals surface area contributed by atoms with Crippen LogP contribution in [0.5, 0.6) is 5.75 Å². The Balaban J connectivity index is 1.66. The Morgan fingerprint density at radius 1 is 1.24 bits per heavy atom. The minimum absolute atomic E-state index is 0.719. The van der Waals surface area contributed by atoms with E-state index in [-0.39, 0.29) is 0 Å². The first kappa shape index (κ1) is 12.3. The van der Waals surface area contributed by atoms with Crippen molar-refractivity contribution in [2.24, 2.45) is 0 Å². The summed E-state index contributed by atoms with van der Waals surface area (Å²) in [6, 6.07) is 14.5. The zero-order valence-electron chi connectivity index (χ0n) is 12.0. The maximum atomic E-state index is 5.76. The molecule has 1 aromatic heterocycles. The van der Waals surface area contributed by atoms with E-state index >= 15 is 0 Å². The lowest BCUT2D eigenvalue weighted by Crippen LogP contribution is -2.32. The van der Waals surface area contributed by atoms with E-state index < -0.39 is 0 Å². The molecule has 3 aromatic rings.